The minimum atomic E-state index is -5.41. The van der Waals surface area contributed by atoms with Gasteiger partial charge in [0.15, 0.2) is 5.60 Å². The van der Waals surface area contributed by atoms with Crippen molar-refractivity contribution in [1.82, 2.24) is 0 Å². The number of hydrogen-bond donors (Lipinski definition) is 7. The monoisotopic (exact) mass is 418 g/mol. The predicted molar refractivity (Wildman–Crippen MR) is 92.1 cm³/mol. The Bertz CT molecular complexity index is 980. The maximum atomic E-state index is 11.6. The van der Waals surface area contributed by atoms with E-state index in [4.69, 9.17) is 8.94 Å². The van der Waals surface area contributed by atoms with Gasteiger partial charge in [0.2, 0.25) is 0 Å². The van der Waals surface area contributed by atoms with Crippen LogP contribution in [0, 0.1) is 6.92 Å². The molecule has 12 heteroatoms. The number of phosphoric acid groups is 1. The second-order valence-electron chi connectivity index (χ2n) is 6.70. The lowest BCUT2D eigenvalue weighted by atomic mass is 9.71. The molecule has 1 aliphatic carbocycles. The first-order chi connectivity index (χ1) is 12.9. The van der Waals surface area contributed by atoms with Crippen molar-refractivity contribution in [2.24, 2.45) is 0 Å². The number of benzene rings is 1. The lowest BCUT2D eigenvalue weighted by molar-refractivity contribution is -0.267. The minimum Gasteiger partial charge on any atom is -0.423 e. The van der Waals surface area contributed by atoms with Crippen molar-refractivity contribution < 1.29 is 48.8 Å². The maximum Gasteiger partial charge on any atom is 0.470 e. The van der Waals surface area contributed by atoms with Crippen molar-refractivity contribution in [3.8, 4) is 0 Å². The van der Waals surface area contributed by atoms with Gasteiger partial charge in [0, 0.05) is 11.5 Å². The van der Waals surface area contributed by atoms with Crippen LogP contribution < -0.4 is 5.63 Å². The van der Waals surface area contributed by atoms with Gasteiger partial charge in [-0.1, -0.05) is 12.1 Å². The molecule has 1 aromatic carbocycles. The Kier molecular flexibility index (Phi) is 5.26. The summed E-state index contributed by atoms with van der Waals surface area (Å²) >= 11 is 0. The molecule has 3 rings (SSSR count). The van der Waals surface area contributed by atoms with Crippen LogP contribution >= 0.6 is 7.82 Å². The molecular weight excluding hydrogens is 399 g/mol. The van der Waals surface area contributed by atoms with Crippen molar-refractivity contribution in [3.05, 3.63) is 45.8 Å². The fourth-order valence-corrected chi connectivity index (χ4v) is 4.24. The zero-order chi connectivity index (χ0) is 21.0. The second-order valence-corrected chi connectivity index (χ2v) is 7.86. The van der Waals surface area contributed by atoms with Gasteiger partial charge in [-0.25, -0.2) is 9.36 Å². The molecule has 28 heavy (non-hydrogen) atoms. The standard InChI is InChI=1S/C16H19O11P/c1-6-4-10(17)26-9-5-7(2-3-8(6)9)16(27-28(23,24)25)14(21)12(19)11(18)13(20)15(16)22/h2-5,11-15,18-22H,1H3,(H2,23,24,25)/t11?,12-,13+,14-,15-,16?/m0/s1. The number of phosphoric ester groups is 1. The fourth-order valence-electron chi connectivity index (χ4n) is 3.52. The molecule has 0 aliphatic heterocycles. The predicted octanol–water partition coefficient (Wildman–Crippen LogP) is -1.78. The van der Waals surface area contributed by atoms with E-state index in [1.165, 1.54) is 18.2 Å². The number of aliphatic hydroxyl groups excluding tert-OH is 5. The lowest BCUT2D eigenvalue weighted by Crippen LogP contribution is -2.69. The molecule has 2 unspecified atom stereocenters. The van der Waals surface area contributed by atoms with E-state index >= 15 is 0 Å². The molecule has 0 bridgehead atoms. The zero-order valence-electron chi connectivity index (χ0n) is 14.4. The Hall–Kier alpha value is -1.66. The van der Waals surface area contributed by atoms with Crippen molar-refractivity contribution in [2.75, 3.05) is 0 Å². The van der Waals surface area contributed by atoms with Gasteiger partial charge in [0.1, 0.15) is 36.1 Å². The maximum absolute atomic E-state index is 11.6. The van der Waals surface area contributed by atoms with Gasteiger partial charge >= 0.3 is 13.4 Å². The Morgan fingerprint density at radius 2 is 1.57 bits per heavy atom. The summed E-state index contributed by atoms with van der Waals surface area (Å²) in [5.41, 5.74) is -3.28. The van der Waals surface area contributed by atoms with Gasteiger partial charge in [-0.05, 0) is 24.1 Å². The Morgan fingerprint density at radius 3 is 2.11 bits per heavy atom. The Balaban J connectivity index is 2.30. The van der Waals surface area contributed by atoms with Gasteiger partial charge in [-0.3, -0.25) is 4.52 Å². The van der Waals surface area contributed by atoms with E-state index in [2.05, 4.69) is 0 Å². The normalized spacial score (nSPS) is 33.9. The van der Waals surface area contributed by atoms with Crippen molar-refractivity contribution in [2.45, 2.75) is 43.0 Å². The Morgan fingerprint density at radius 1 is 1.00 bits per heavy atom. The topological polar surface area (TPSA) is 198 Å². The van der Waals surface area contributed by atoms with Crippen LogP contribution in [-0.2, 0) is 14.7 Å². The summed E-state index contributed by atoms with van der Waals surface area (Å²) in [6, 6.07) is 4.91. The molecule has 1 aliphatic rings. The summed E-state index contributed by atoms with van der Waals surface area (Å²) in [6.07, 6.45) is -10.8. The second kappa shape index (κ2) is 6.99. The van der Waals surface area contributed by atoms with Crippen molar-refractivity contribution in [1.29, 1.82) is 0 Å². The Labute approximate surface area is 157 Å². The molecule has 0 saturated heterocycles. The average Bonchev–Trinajstić information content (AvgIpc) is 2.60. The SMILES string of the molecule is Cc1cc(=O)oc2cc(C3(OP(=O)(O)O)[C@@H](O)[C@H](O)C(O)[C@H](O)[C@@H]3O)ccc12. The summed E-state index contributed by atoms with van der Waals surface area (Å²) < 4.78 is 21.3. The van der Waals surface area contributed by atoms with E-state index in [9.17, 15) is 44.7 Å². The highest BCUT2D eigenvalue weighted by atomic mass is 31.2. The highest BCUT2D eigenvalue weighted by Gasteiger charge is 2.62. The molecule has 6 atom stereocenters. The third-order valence-electron chi connectivity index (χ3n) is 4.90. The highest BCUT2D eigenvalue weighted by molar-refractivity contribution is 7.46. The van der Waals surface area contributed by atoms with Crippen LogP contribution in [0.3, 0.4) is 0 Å². The van der Waals surface area contributed by atoms with Gasteiger partial charge < -0.3 is 39.7 Å². The van der Waals surface area contributed by atoms with Crippen molar-refractivity contribution >= 4 is 18.8 Å². The summed E-state index contributed by atoms with van der Waals surface area (Å²) in [6.45, 7) is 1.62. The summed E-state index contributed by atoms with van der Waals surface area (Å²) in [4.78, 5) is 30.3. The first kappa shape index (κ1) is 21.1. The molecule has 154 valence electrons. The quantitative estimate of drug-likeness (QED) is 0.220. The number of aliphatic hydroxyl groups is 5. The molecule has 0 amide bonds. The van der Waals surface area contributed by atoms with Crippen LogP contribution in [0.2, 0.25) is 0 Å². The first-order valence-corrected chi connectivity index (χ1v) is 9.63. The van der Waals surface area contributed by atoms with Crippen LogP contribution in [0.4, 0.5) is 0 Å². The number of aryl methyl sites for hydroxylation is 1. The van der Waals surface area contributed by atoms with E-state index in [0.29, 0.717) is 10.9 Å². The summed E-state index contributed by atoms with van der Waals surface area (Å²) in [7, 11) is -5.41. The van der Waals surface area contributed by atoms with E-state index in [1.54, 1.807) is 6.92 Å². The number of rotatable bonds is 3. The smallest absolute Gasteiger partial charge is 0.423 e. The molecule has 1 fully saturated rings. The molecular formula is C16H19O11P. The van der Waals surface area contributed by atoms with Crippen LogP contribution in [0.1, 0.15) is 11.1 Å². The molecule has 11 nitrogen and oxygen atoms in total. The summed E-state index contributed by atoms with van der Waals surface area (Å²) in [5, 5.41) is 51.3. The van der Waals surface area contributed by atoms with E-state index in [1.807, 2.05) is 0 Å². The average molecular weight is 418 g/mol. The van der Waals surface area contributed by atoms with E-state index in [-0.39, 0.29) is 11.1 Å². The van der Waals surface area contributed by atoms with E-state index in [0.717, 1.165) is 6.07 Å². The summed E-state index contributed by atoms with van der Waals surface area (Å²) in [5.74, 6) is 0. The third-order valence-corrected chi connectivity index (χ3v) is 5.44. The van der Waals surface area contributed by atoms with Crippen molar-refractivity contribution in [3.63, 3.8) is 0 Å². The fraction of sp³-hybridized carbons (Fsp3) is 0.438. The molecule has 1 heterocycles. The number of fused-ring (bicyclic) bond motifs is 1. The van der Waals surface area contributed by atoms with Gasteiger partial charge in [-0.2, -0.15) is 0 Å². The van der Waals surface area contributed by atoms with Crippen LogP contribution in [0.5, 0.6) is 0 Å². The van der Waals surface area contributed by atoms with Crippen LogP contribution in [-0.4, -0.2) is 65.8 Å². The molecule has 7 N–H and O–H groups in total. The zero-order valence-corrected chi connectivity index (χ0v) is 15.3. The van der Waals surface area contributed by atoms with Crippen LogP contribution in [0.15, 0.2) is 33.5 Å². The number of hydrogen-bond acceptors (Lipinski definition) is 9. The highest BCUT2D eigenvalue weighted by Crippen LogP contribution is 2.52. The molecule has 0 radical (unpaired) electrons. The lowest BCUT2D eigenvalue weighted by Gasteiger charge is -2.50. The van der Waals surface area contributed by atoms with Gasteiger partial charge in [0.25, 0.3) is 0 Å². The third kappa shape index (κ3) is 3.30. The molecule has 1 aromatic heterocycles. The largest absolute Gasteiger partial charge is 0.470 e. The van der Waals surface area contributed by atoms with Crippen LogP contribution in [0.25, 0.3) is 11.0 Å². The van der Waals surface area contributed by atoms with Gasteiger partial charge in [0.05, 0.1) is 0 Å². The minimum absolute atomic E-state index is 0.0503. The molecule has 1 saturated carbocycles. The van der Waals surface area contributed by atoms with Gasteiger partial charge in [-0.15, -0.1) is 0 Å². The first-order valence-electron chi connectivity index (χ1n) is 8.10. The molecule has 0 spiro atoms. The molecule has 2 aromatic rings. The van der Waals surface area contributed by atoms with E-state index < -0.39 is 49.6 Å².